The van der Waals surface area contributed by atoms with Crippen LogP contribution in [0.15, 0.2) is 0 Å². The summed E-state index contributed by atoms with van der Waals surface area (Å²) in [7, 11) is 1.93. The van der Waals surface area contributed by atoms with Gasteiger partial charge < -0.3 is 15.5 Å². The molecule has 2 atom stereocenters. The normalized spacial score (nSPS) is 30.3. The van der Waals surface area contributed by atoms with E-state index in [1.807, 2.05) is 11.9 Å². The minimum Gasteiger partial charge on any atom is -0.355 e. The van der Waals surface area contributed by atoms with Crippen molar-refractivity contribution in [3.8, 4) is 0 Å². The molecular weight excluding hydrogens is 206 g/mol. The number of nitrogens with zero attached hydrogens (tertiary/aromatic N) is 1. The fourth-order valence-electron chi connectivity index (χ4n) is 2.40. The fraction of sp³-hybridized carbons (Fsp3) is 0.818. The van der Waals surface area contributed by atoms with Crippen molar-refractivity contribution in [2.24, 2.45) is 5.92 Å². The van der Waals surface area contributed by atoms with E-state index in [1.54, 1.807) is 0 Å². The summed E-state index contributed by atoms with van der Waals surface area (Å²) in [6.45, 7) is 2.16. The molecule has 2 unspecified atom stereocenters. The number of rotatable bonds is 2. The van der Waals surface area contributed by atoms with Gasteiger partial charge in [-0.3, -0.25) is 9.59 Å². The average molecular weight is 225 g/mol. The topological polar surface area (TPSA) is 61.4 Å². The van der Waals surface area contributed by atoms with Crippen molar-refractivity contribution in [2.75, 3.05) is 26.7 Å². The third-order valence-corrected chi connectivity index (χ3v) is 3.52. The van der Waals surface area contributed by atoms with Crippen molar-refractivity contribution in [2.45, 2.75) is 25.3 Å². The highest BCUT2D eigenvalue weighted by molar-refractivity contribution is 5.83. The van der Waals surface area contributed by atoms with Gasteiger partial charge in [-0.1, -0.05) is 0 Å². The van der Waals surface area contributed by atoms with Crippen LogP contribution in [0.5, 0.6) is 0 Å². The zero-order valence-electron chi connectivity index (χ0n) is 9.66. The zero-order valence-corrected chi connectivity index (χ0v) is 9.66. The number of amides is 2. The number of carbonyl (C=O) groups is 2. The van der Waals surface area contributed by atoms with Crippen LogP contribution < -0.4 is 10.6 Å². The third-order valence-electron chi connectivity index (χ3n) is 3.52. The Bertz CT molecular complexity index is 283. The van der Waals surface area contributed by atoms with Crippen LogP contribution in [0.4, 0.5) is 0 Å². The van der Waals surface area contributed by atoms with Gasteiger partial charge in [0.25, 0.3) is 0 Å². The molecule has 2 aliphatic rings. The van der Waals surface area contributed by atoms with Crippen molar-refractivity contribution in [3.63, 3.8) is 0 Å². The first-order chi connectivity index (χ1) is 7.70. The van der Waals surface area contributed by atoms with Gasteiger partial charge in [0.1, 0.15) is 0 Å². The first kappa shape index (κ1) is 11.4. The van der Waals surface area contributed by atoms with E-state index in [9.17, 15) is 9.59 Å². The summed E-state index contributed by atoms with van der Waals surface area (Å²) in [5.41, 5.74) is 0. The number of hydrogen-bond donors (Lipinski definition) is 2. The quantitative estimate of drug-likeness (QED) is 0.655. The molecule has 90 valence electrons. The van der Waals surface area contributed by atoms with Crippen LogP contribution in [0.25, 0.3) is 0 Å². The molecule has 5 nitrogen and oxygen atoms in total. The Morgan fingerprint density at radius 2 is 2.31 bits per heavy atom. The molecule has 0 bridgehead atoms. The lowest BCUT2D eigenvalue weighted by molar-refractivity contribution is -0.136. The Labute approximate surface area is 95.6 Å². The maximum Gasteiger partial charge on any atom is 0.227 e. The predicted octanol–water partition coefficient (Wildman–Crippen LogP) is -0.667. The fourth-order valence-corrected chi connectivity index (χ4v) is 2.40. The van der Waals surface area contributed by atoms with Crippen molar-refractivity contribution < 1.29 is 9.59 Å². The number of carbonyl (C=O) groups excluding carboxylic acids is 2. The molecule has 5 heteroatoms. The Morgan fingerprint density at radius 1 is 1.50 bits per heavy atom. The van der Waals surface area contributed by atoms with Crippen LogP contribution >= 0.6 is 0 Å². The van der Waals surface area contributed by atoms with Gasteiger partial charge in [-0.2, -0.15) is 0 Å². The number of piperidine rings is 1. The average Bonchev–Trinajstić information content (AvgIpc) is 2.77. The van der Waals surface area contributed by atoms with Gasteiger partial charge in [0.2, 0.25) is 11.8 Å². The predicted molar refractivity (Wildman–Crippen MR) is 59.8 cm³/mol. The second-order valence-corrected chi connectivity index (χ2v) is 4.60. The van der Waals surface area contributed by atoms with Gasteiger partial charge in [-0.15, -0.1) is 0 Å². The van der Waals surface area contributed by atoms with Gasteiger partial charge in [0, 0.05) is 32.1 Å². The van der Waals surface area contributed by atoms with E-state index in [2.05, 4.69) is 10.6 Å². The molecule has 2 N–H and O–H groups in total. The van der Waals surface area contributed by atoms with Crippen molar-refractivity contribution in [1.82, 2.24) is 15.5 Å². The van der Waals surface area contributed by atoms with Crippen molar-refractivity contribution >= 4 is 11.8 Å². The van der Waals surface area contributed by atoms with Crippen LogP contribution in [0.1, 0.15) is 19.3 Å². The van der Waals surface area contributed by atoms with E-state index in [-0.39, 0.29) is 17.7 Å². The number of hydrogen-bond acceptors (Lipinski definition) is 3. The first-order valence-corrected chi connectivity index (χ1v) is 5.93. The van der Waals surface area contributed by atoms with Crippen LogP contribution in [0, 0.1) is 5.92 Å². The van der Waals surface area contributed by atoms with Crippen molar-refractivity contribution in [3.05, 3.63) is 0 Å². The molecule has 2 rings (SSSR count). The highest BCUT2D eigenvalue weighted by Crippen LogP contribution is 2.18. The van der Waals surface area contributed by atoms with Crippen LogP contribution in [-0.4, -0.2) is 49.4 Å². The van der Waals surface area contributed by atoms with E-state index in [0.29, 0.717) is 25.4 Å². The lowest BCUT2D eigenvalue weighted by Crippen LogP contribution is -2.44. The monoisotopic (exact) mass is 225 g/mol. The largest absolute Gasteiger partial charge is 0.355 e. The van der Waals surface area contributed by atoms with Gasteiger partial charge in [0.05, 0.1) is 5.92 Å². The maximum atomic E-state index is 12.1. The molecule has 2 aliphatic heterocycles. The molecule has 0 aliphatic carbocycles. The van der Waals surface area contributed by atoms with Crippen LogP contribution in [0.3, 0.4) is 0 Å². The Morgan fingerprint density at radius 3 is 2.88 bits per heavy atom. The zero-order chi connectivity index (χ0) is 11.5. The SMILES string of the molecule is CNC1CCN(C(=O)C2CCC(=O)NC2)C1. The molecule has 0 saturated carbocycles. The number of likely N-dealkylation sites (tertiary alicyclic amines) is 1. The summed E-state index contributed by atoms with van der Waals surface area (Å²) in [6.07, 6.45) is 2.21. The molecule has 2 saturated heterocycles. The van der Waals surface area contributed by atoms with E-state index in [0.717, 1.165) is 19.5 Å². The van der Waals surface area contributed by atoms with Gasteiger partial charge >= 0.3 is 0 Å². The first-order valence-electron chi connectivity index (χ1n) is 5.93. The second-order valence-electron chi connectivity index (χ2n) is 4.60. The standard InChI is InChI=1S/C11H19N3O2/c1-12-9-4-5-14(7-9)11(16)8-2-3-10(15)13-6-8/h8-9,12H,2-7H2,1H3,(H,13,15). The van der Waals surface area contributed by atoms with Gasteiger partial charge in [-0.05, 0) is 19.9 Å². The summed E-state index contributed by atoms with van der Waals surface area (Å²) in [6, 6.07) is 0.433. The van der Waals surface area contributed by atoms with E-state index >= 15 is 0 Å². The maximum absolute atomic E-state index is 12.1. The van der Waals surface area contributed by atoms with Crippen LogP contribution in [-0.2, 0) is 9.59 Å². The Hall–Kier alpha value is -1.10. The van der Waals surface area contributed by atoms with Crippen molar-refractivity contribution in [1.29, 1.82) is 0 Å². The summed E-state index contributed by atoms with van der Waals surface area (Å²) < 4.78 is 0. The number of likely N-dealkylation sites (N-methyl/N-ethyl adjacent to an activating group) is 1. The highest BCUT2D eigenvalue weighted by atomic mass is 16.2. The minimum atomic E-state index is -0.00620. The Kier molecular flexibility index (Phi) is 3.43. The van der Waals surface area contributed by atoms with E-state index in [4.69, 9.17) is 0 Å². The molecule has 2 heterocycles. The lowest BCUT2D eigenvalue weighted by atomic mass is 9.98. The van der Waals surface area contributed by atoms with E-state index in [1.165, 1.54) is 0 Å². The highest BCUT2D eigenvalue weighted by Gasteiger charge is 2.32. The summed E-state index contributed by atoms with van der Waals surface area (Å²) in [5, 5.41) is 5.95. The molecule has 0 aromatic rings. The molecule has 0 aromatic heterocycles. The molecule has 2 amide bonds. The molecule has 0 aromatic carbocycles. The smallest absolute Gasteiger partial charge is 0.227 e. The third kappa shape index (κ3) is 2.35. The summed E-state index contributed by atoms with van der Waals surface area (Å²) in [5.74, 6) is 0.268. The molecule has 16 heavy (non-hydrogen) atoms. The molecule has 2 fully saturated rings. The summed E-state index contributed by atoms with van der Waals surface area (Å²) >= 11 is 0. The van der Waals surface area contributed by atoms with Crippen LogP contribution in [0.2, 0.25) is 0 Å². The summed E-state index contributed by atoms with van der Waals surface area (Å²) in [4.78, 5) is 25.0. The van der Waals surface area contributed by atoms with E-state index < -0.39 is 0 Å². The molecule has 0 spiro atoms. The molecular formula is C11H19N3O2. The molecule has 0 radical (unpaired) electrons. The second kappa shape index (κ2) is 4.82. The van der Waals surface area contributed by atoms with Gasteiger partial charge in [-0.25, -0.2) is 0 Å². The van der Waals surface area contributed by atoms with Gasteiger partial charge in [0.15, 0.2) is 0 Å². The minimum absolute atomic E-state index is 0.00620. The number of nitrogens with one attached hydrogen (secondary N) is 2. The Balaban J connectivity index is 1.86. The lowest BCUT2D eigenvalue weighted by Gasteiger charge is -2.26.